The summed E-state index contributed by atoms with van der Waals surface area (Å²) in [5, 5.41) is 0. The second-order valence-electron chi connectivity index (χ2n) is 3.08. The molecule has 0 aromatic carbocycles. The average Bonchev–Trinajstić information content (AvgIpc) is 2.22. The van der Waals surface area contributed by atoms with Crippen LogP contribution in [-0.2, 0) is 0 Å². The van der Waals surface area contributed by atoms with E-state index < -0.39 is 0 Å². The van der Waals surface area contributed by atoms with Gasteiger partial charge in [0.25, 0.3) is 0 Å². The zero-order valence-electron chi connectivity index (χ0n) is 8.97. The molecule has 0 spiro atoms. The number of rotatable bonds is 4. The van der Waals surface area contributed by atoms with E-state index in [0.29, 0.717) is 5.88 Å². The van der Waals surface area contributed by atoms with Crippen molar-refractivity contribution in [1.82, 2.24) is 4.98 Å². The number of pyridine rings is 1. The summed E-state index contributed by atoms with van der Waals surface area (Å²) in [4.78, 5) is 7.70. The third-order valence-corrected chi connectivity index (χ3v) is 1.67. The van der Waals surface area contributed by atoms with Gasteiger partial charge in [0.2, 0.25) is 5.88 Å². The molecule has 0 unspecified atom stereocenters. The number of aromatic nitrogens is 1. The first-order valence-corrected chi connectivity index (χ1v) is 4.62. The SMILES string of the molecule is C=N/C=C\C=C(/C)Oc1ccc(C)cn1. The van der Waals surface area contributed by atoms with Crippen LogP contribution >= 0.6 is 0 Å². The van der Waals surface area contributed by atoms with Gasteiger partial charge < -0.3 is 4.74 Å². The van der Waals surface area contributed by atoms with Gasteiger partial charge >= 0.3 is 0 Å². The van der Waals surface area contributed by atoms with E-state index in [1.807, 2.05) is 26.0 Å². The molecular formula is C12H14N2O. The van der Waals surface area contributed by atoms with Crippen LogP contribution in [0.2, 0.25) is 0 Å². The van der Waals surface area contributed by atoms with Gasteiger partial charge in [-0.15, -0.1) is 0 Å². The molecule has 0 bridgehead atoms. The smallest absolute Gasteiger partial charge is 0.218 e. The predicted molar refractivity (Wildman–Crippen MR) is 62.0 cm³/mol. The van der Waals surface area contributed by atoms with Crippen LogP contribution in [0.25, 0.3) is 0 Å². The Morgan fingerprint density at radius 3 is 2.93 bits per heavy atom. The minimum absolute atomic E-state index is 0.592. The summed E-state index contributed by atoms with van der Waals surface area (Å²) < 4.78 is 5.45. The first-order valence-electron chi connectivity index (χ1n) is 4.62. The quantitative estimate of drug-likeness (QED) is 0.427. The Bertz CT molecular complexity index is 377. The second kappa shape index (κ2) is 5.75. The Kier molecular flexibility index (Phi) is 4.29. The fourth-order valence-electron chi connectivity index (χ4n) is 0.953. The molecule has 1 aromatic heterocycles. The monoisotopic (exact) mass is 202 g/mol. The summed E-state index contributed by atoms with van der Waals surface area (Å²) in [6, 6.07) is 3.79. The zero-order chi connectivity index (χ0) is 11.1. The first-order chi connectivity index (χ1) is 7.22. The molecule has 1 aromatic rings. The van der Waals surface area contributed by atoms with E-state index in [1.165, 1.54) is 0 Å². The summed E-state index contributed by atoms with van der Waals surface area (Å²) in [7, 11) is 0. The fourth-order valence-corrected chi connectivity index (χ4v) is 0.953. The fraction of sp³-hybridized carbons (Fsp3) is 0.167. The average molecular weight is 202 g/mol. The largest absolute Gasteiger partial charge is 0.444 e. The molecular weight excluding hydrogens is 188 g/mol. The van der Waals surface area contributed by atoms with Crippen LogP contribution in [0.5, 0.6) is 5.88 Å². The highest BCUT2D eigenvalue weighted by Gasteiger charge is 1.94. The minimum Gasteiger partial charge on any atom is -0.444 e. The Balaban J connectivity index is 2.61. The molecule has 3 nitrogen and oxygen atoms in total. The van der Waals surface area contributed by atoms with E-state index in [0.717, 1.165) is 11.3 Å². The molecule has 0 amide bonds. The Morgan fingerprint density at radius 1 is 1.53 bits per heavy atom. The van der Waals surface area contributed by atoms with Gasteiger partial charge in [-0.2, -0.15) is 0 Å². The van der Waals surface area contributed by atoms with E-state index in [2.05, 4.69) is 16.7 Å². The van der Waals surface area contributed by atoms with E-state index >= 15 is 0 Å². The number of aliphatic imine (C=N–C) groups is 1. The minimum atomic E-state index is 0.592. The highest BCUT2D eigenvalue weighted by Crippen LogP contribution is 2.10. The summed E-state index contributed by atoms with van der Waals surface area (Å²) >= 11 is 0. The van der Waals surface area contributed by atoms with Crippen LogP contribution in [0.1, 0.15) is 12.5 Å². The number of hydrogen-bond donors (Lipinski definition) is 0. The summed E-state index contributed by atoms with van der Waals surface area (Å²) in [6.45, 7) is 7.17. The number of aryl methyl sites for hydroxylation is 1. The van der Waals surface area contributed by atoms with Gasteiger partial charge in [-0.25, -0.2) is 4.98 Å². The highest BCUT2D eigenvalue weighted by atomic mass is 16.5. The van der Waals surface area contributed by atoms with Gasteiger partial charge in [0, 0.05) is 18.5 Å². The van der Waals surface area contributed by atoms with Crippen LogP contribution in [0.15, 0.2) is 47.4 Å². The lowest BCUT2D eigenvalue weighted by Gasteiger charge is -2.03. The number of nitrogens with zero attached hydrogens (tertiary/aromatic N) is 2. The maximum atomic E-state index is 5.45. The standard InChI is InChI=1S/C12H14N2O/c1-10-6-7-12(14-9-10)15-11(2)5-4-8-13-3/h4-9H,3H2,1-2H3/b8-4-,11-5+. The van der Waals surface area contributed by atoms with Crippen LogP contribution in [-0.4, -0.2) is 11.7 Å². The van der Waals surface area contributed by atoms with Crippen molar-refractivity contribution < 1.29 is 4.74 Å². The normalized spacial score (nSPS) is 11.7. The molecule has 0 radical (unpaired) electrons. The van der Waals surface area contributed by atoms with E-state index in [9.17, 15) is 0 Å². The van der Waals surface area contributed by atoms with Crippen molar-refractivity contribution in [1.29, 1.82) is 0 Å². The van der Waals surface area contributed by atoms with Gasteiger partial charge in [-0.3, -0.25) is 4.99 Å². The predicted octanol–water partition coefficient (Wildman–Crippen LogP) is 2.89. The molecule has 1 rings (SSSR count). The lowest BCUT2D eigenvalue weighted by Crippen LogP contribution is -1.92. The molecule has 0 N–H and O–H groups in total. The van der Waals surface area contributed by atoms with Gasteiger partial charge in [0.15, 0.2) is 0 Å². The van der Waals surface area contributed by atoms with Gasteiger partial charge in [0.1, 0.15) is 5.76 Å². The van der Waals surface area contributed by atoms with Crippen LogP contribution in [0, 0.1) is 6.92 Å². The molecule has 0 aliphatic carbocycles. The molecule has 1 heterocycles. The molecule has 0 saturated carbocycles. The lowest BCUT2D eigenvalue weighted by atomic mass is 10.3. The summed E-state index contributed by atoms with van der Waals surface area (Å²) in [5.41, 5.74) is 1.11. The second-order valence-corrected chi connectivity index (χ2v) is 3.08. The maximum Gasteiger partial charge on any atom is 0.218 e. The van der Waals surface area contributed by atoms with Crippen molar-refractivity contribution >= 4 is 6.72 Å². The Morgan fingerprint density at radius 2 is 2.33 bits per heavy atom. The Labute approximate surface area is 89.8 Å². The van der Waals surface area contributed by atoms with Crippen LogP contribution < -0.4 is 4.74 Å². The molecule has 0 fully saturated rings. The molecule has 0 aliphatic rings. The molecule has 0 aliphatic heterocycles. The van der Waals surface area contributed by atoms with Gasteiger partial charge in [-0.05, 0) is 38.3 Å². The van der Waals surface area contributed by atoms with Crippen molar-refractivity contribution in [3.63, 3.8) is 0 Å². The number of hydrogen-bond acceptors (Lipinski definition) is 3. The van der Waals surface area contributed by atoms with E-state index in [1.54, 1.807) is 24.5 Å². The molecule has 0 atom stereocenters. The Hall–Kier alpha value is -1.90. The lowest BCUT2D eigenvalue weighted by molar-refractivity contribution is 0.411. The topological polar surface area (TPSA) is 34.5 Å². The van der Waals surface area contributed by atoms with Gasteiger partial charge in [-0.1, -0.05) is 6.07 Å². The number of ether oxygens (including phenoxy) is 1. The van der Waals surface area contributed by atoms with Crippen LogP contribution in [0.4, 0.5) is 0 Å². The third-order valence-electron chi connectivity index (χ3n) is 1.67. The molecule has 78 valence electrons. The van der Waals surface area contributed by atoms with Crippen molar-refractivity contribution in [2.75, 3.05) is 0 Å². The first kappa shape index (κ1) is 11.2. The number of allylic oxidation sites excluding steroid dienone is 3. The highest BCUT2D eigenvalue weighted by molar-refractivity contribution is 5.26. The van der Waals surface area contributed by atoms with Crippen molar-refractivity contribution in [3.8, 4) is 5.88 Å². The summed E-state index contributed by atoms with van der Waals surface area (Å²) in [6.07, 6.45) is 6.92. The summed E-state index contributed by atoms with van der Waals surface area (Å²) in [5.74, 6) is 1.35. The molecule has 0 saturated heterocycles. The van der Waals surface area contributed by atoms with Crippen molar-refractivity contribution in [2.45, 2.75) is 13.8 Å². The third kappa shape index (κ3) is 4.22. The van der Waals surface area contributed by atoms with Crippen molar-refractivity contribution in [2.24, 2.45) is 4.99 Å². The maximum absolute atomic E-state index is 5.45. The molecule has 15 heavy (non-hydrogen) atoms. The molecule has 3 heteroatoms. The zero-order valence-corrected chi connectivity index (χ0v) is 8.97. The van der Waals surface area contributed by atoms with Crippen molar-refractivity contribution in [3.05, 3.63) is 48.0 Å². The van der Waals surface area contributed by atoms with Crippen LogP contribution in [0.3, 0.4) is 0 Å². The van der Waals surface area contributed by atoms with E-state index in [4.69, 9.17) is 4.74 Å². The van der Waals surface area contributed by atoms with Gasteiger partial charge in [0.05, 0.1) is 0 Å². The van der Waals surface area contributed by atoms with E-state index in [-0.39, 0.29) is 0 Å².